The maximum absolute atomic E-state index is 12.3. The molecule has 7 nitrogen and oxygen atoms in total. The van der Waals surface area contributed by atoms with Crippen LogP contribution >= 0.6 is 0 Å². The van der Waals surface area contributed by atoms with E-state index in [1.54, 1.807) is 0 Å². The molecule has 0 heterocycles. The molecule has 0 fully saturated rings. The molecule has 7 heteroatoms. The topological polar surface area (TPSA) is 93.5 Å². The third-order valence-electron chi connectivity index (χ3n) is 3.98. The average molecular weight is 357 g/mol. The number of nitro groups is 1. The van der Waals surface area contributed by atoms with Crippen LogP contribution < -0.4 is 15.4 Å². The number of hydrogen-bond donors (Lipinski definition) is 2. The number of non-ortho nitro benzene ring substituents is 1. The molecular weight excluding hydrogens is 334 g/mol. The molecule has 0 saturated heterocycles. The number of rotatable bonds is 8. The number of ether oxygens (including phenoxy) is 1. The van der Waals surface area contributed by atoms with Crippen molar-refractivity contribution in [3.8, 4) is 5.75 Å². The van der Waals surface area contributed by atoms with Crippen LogP contribution in [0.1, 0.15) is 25.5 Å². The van der Waals surface area contributed by atoms with Crippen molar-refractivity contribution in [2.45, 2.75) is 19.9 Å². The lowest BCUT2D eigenvalue weighted by Gasteiger charge is -2.23. The molecule has 1 amide bonds. The van der Waals surface area contributed by atoms with Crippen LogP contribution in [0, 0.1) is 16.0 Å². The number of nitro benzene ring substituents is 1. The Balaban J connectivity index is 2.03. The van der Waals surface area contributed by atoms with E-state index in [4.69, 9.17) is 4.74 Å². The summed E-state index contributed by atoms with van der Waals surface area (Å²) in [7, 11) is 1.40. The number of methoxy groups -OCH3 is 1. The van der Waals surface area contributed by atoms with Crippen molar-refractivity contribution in [1.29, 1.82) is 0 Å². The number of anilines is 1. The molecule has 2 aromatic rings. The van der Waals surface area contributed by atoms with Crippen LogP contribution in [0.25, 0.3) is 0 Å². The van der Waals surface area contributed by atoms with E-state index in [0.717, 1.165) is 5.56 Å². The zero-order valence-electron chi connectivity index (χ0n) is 15.1. The number of nitrogens with zero attached hydrogens (tertiary/aromatic N) is 1. The highest BCUT2D eigenvalue weighted by Gasteiger charge is 2.17. The van der Waals surface area contributed by atoms with Gasteiger partial charge in [-0.1, -0.05) is 44.2 Å². The van der Waals surface area contributed by atoms with Crippen molar-refractivity contribution in [1.82, 2.24) is 5.32 Å². The second kappa shape index (κ2) is 8.96. The number of amides is 1. The van der Waals surface area contributed by atoms with Gasteiger partial charge in [-0.2, -0.15) is 0 Å². The van der Waals surface area contributed by atoms with Crippen molar-refractivity contribution in [3.05, 3.63) is 64.2 Å². The van der Waals surface area contributed by atoms with Crippen LogP contribution in [0.5, 0.6) is 5.75 Å². The molecule has 2 rings (SSSR count). The highest BCUT2D eigenvalue weighted by molar-refractivity contribution is 5.93. The minimum absolute atomic E-state index is 0.0423. The van der Waals surface area contributed by atoms with Crippen LogP contribution in [0.4, 0.5) is 11.4 Å². The van der Waals surface area contributed by atoms with E-state index >= 15 is 0 Å². The Morgan fingerprint density at radius 2 is 1.88 bits per heavy atom. The van der Waals surface area contributed by atoms with Crippen LogP contribution in [0.2, 0.25) is 0 Å². The van der Waals surface area contributed by atoms with Crippen molar-refractivity contribution in [2.24, 2.45) is 5.92 Å². The quantitative estimate of drug-likeness (QED) is 0.557. The second-order valence-electron chi connectivity index (χ2n) is 6.20. The van der Waals surface area contributed by atoms with Gasteiger partial charge in [0.15, 0.2) is 0 Å². The summed E-state index contributed by atoms with van der Waals surface area (Å²) in [6, 6.07) is 14.0. The van der Waals surface area contributed by atoms with Crippen LogP contribution in [-0.2, 0) is 4.79 Å². The molecule has 2 N–H and O–H groups in total. The summed E-state index contributed by atoms with van der Waals surface area (Å²) < 4.78 is 5.13. The Labute approximate surface area is 152 Å². The smallest absolute Gasteiger partial charge is 0.273 e. The van der Waals surface area contributed by atoms with E-state index < -0.39 is 4.92 Å². The Morgan fingerprint density at radius 1 is 1.19 bits per heavy atom. The van der Waals surface area contributed by atoms with Gasteiger partial charge in [0.2, 0.25) is 5.91 Å². The second-order valence-corrected chi connectivity index (χ2v) is 6.20. The third-order valence-corrected chi connectivity index (χ3v) is 3.98. The van der Waals surface area contributed by atoms with E-state index in [-0.39, 0.29) is 29.9 Å². The van der Waals surface area contributed by atoms with Gasteiger partial charge in [0.05, 0.1) is 30.3 Å². The zero-order chi connectivity index (χ0) is 19.1. The SMILES string of the molecule is COc1cc([N+](=O)[O-])ccc1NC(=O)CN[C@@H](c1ccccc1)C(C)C. The van der Waals surface area contributed by atoms with Crippen molar-refractivity contribution in [2.75, 3.05) is 19.0 Å². The lowest BCUT2D eigenvalue weighted by molar-refractivity contribution is -0.384. The van der Waals surface area contributed by atoms with E-state index in [9.17, 15) is 14.9 Å². The monoisotopic (exact) mass is 357 g/mol. The molecule has 0 aliphatic carbocycles. The molecule has 26 heavy (non-hydrogen) atoms. The number of benzene rings is 2. The van der Waals surface area contributed by atoms with Crippen molar-refractivity contribution >= 4 is 17.3 Å². The molecule has 0 bridgehead atoms. The average Bonchev–Trinajstić information content (AvgIpc) is 2.62. The Bertz CT molecular complexity index is 763. The molecule has 0 saturated carbocycles. The van der Waals surface area contributed by atoms with Gasteiger partial charge in [-0.25, -0.2) is 0 Å². The van der Waals surface area contributed by atoms with Crippen LogP contribution in [0.3, 0.4) is 0 Å². The van der Waals surface area contributed by atoms with Crippen LogP contribution in [-0.4, -0.2) is 24.5 Å². The number of nitrogens with one attached hydrogen (secondary N) is 2. The van der Waals surface area contributed by atoms with Gasteiger partial charge in [-0.15, -0.1) is 0 Å². The van der Waals surface area contributed by atoms with Crippen LogP contribution in [0.15, 0.2) is 48.5 Å². The van der Waals surface area contributed by atoms with E-state index in [1.165, 1.54) is 25.3 Å². The van der Waals surface area contributed by atoms with E-state index in [0.29, 0.717) is 11.6 Å². The minimum atomic E-state index is -0.511. The van der Waals surface area contributed by atoms with Gasteiger partial charge < -0.3 is 15.4 Å². The number of carbonyl (C=O) groups is 1. The lowest BCUT2D eigenvalue weighted by atomic mass is 9.96. The van der Waals surface area contributed by atoms with Crippen molar-refractivity contribution in [3.63, 3.8) is 0 Å². The van der Waals surface area contributed by atoms with Gasteiger partial charge in [0.1, 0.15) is 5.75 Å². The maximum Gasteiger partial charge on any atom is 0.273 e. The number of hydrogen-bond acceptors (Lipinski definition) is 5. The minimum Gasteiger partial charge on any atom is -0.494 e. The first-order valence-electron chi connectivity index (χ1n) is 8.33. The molecule has 0 aliphatic heterocycles. The van der Waals surface area contributed by atoms with Gasteiger partial charge in [-0.3, -0.25) is 14.9 Å². The number of carbonyl (C=O) groups excluding carboxylic acids is 1. The van der Waals surface area contributed by atoms with E-state index in [1.807, 2.05) is 30.3 Å². The molecule has 0 radical (unpaired) electrons. The normalized spacial score (nSPS) is 11.8. The summed E-state index contributed by atoms with van der Waals surface area (Å²) in [6.45, 7) is 4.28. The molecule has 138 valence electrons. The third kappa shape index (κ3) is 5.03. The van der Waals surface area contributed by atoms with Gasteiger partial charge in [0, 0.05) is 12.1 Å². The molecule has 1 atom stereocenters. The predicted octanol–water partition coefficient (Wildman–Crippen LogP) is 3.53. The molecule has 0 spiro atoms. The fourth-order valence-corrected chi connectivity index (χ4v) is 2.69. The summed E-state index contributed by atoms with van der Waals surface area (Å²) in [5, 5.41) is 16.8. The molecule has 0 unspecified atom stereocenters. The van der Waals surface area contributed by atoms with Crippen molar-refractivity contribution < 1.29 is 14.5 Å². The first-order chi connectivity index (χ1) is 12.4. The standard InChI is InChI=1S/C19H23N3O4/c1-13(2)19(14-7-5-4-6-8-14)20-12-18(23)21-16-10-9-15(22(24)25)11-17(16)26-3/h4-11,13,19-20H,12H2,1-3H3,(H,21,23)/t19-/m1/s1. The first-order valence-corrected chi connectivity index (χ1v) is 8.33. The summed E-state index contributed by atoms with van der Waals surface area (Å²) in [6.07, 6.45) is 0. The molecule has 2 aromatic carbocycles. The van der Waals surface area contributed by atoms with Gasteiger partial charge >= 0.3 is 0 Å². The van der Waals surface area contributed by atoms with Gasteiger partial charge in [0.25, 0.3) is 5.69 Å². The first kappa shape index (κ1) is 19.4. The zero-order valence-corrected chi connectivity index (χ0v) is 15.1. The maximum atomic E-state index is 12.3. The fraction of sp³-hybridized carbons (Fsp3) is 0.316. The predicted molar refractivity (Wildman–Crippen MR) is 100 cm³/mol. The molecule has 0 aliphatic rings. The summed E-state index contributed by atoms with van der Waals surface area (Å²) in [5.74, 6) is 0.300. The largest absolute Gasteiger partial charge is 0.494 e. The summed E-state index contributed by atoms with van der Waals surface area (Å²) in [5.41, 5.74) is 1.41. The Hall–Kier alpha value is -2.93. The molecular formula is C19H23N3O4. The summed E-state index contributed by atoms with van der Waals surface area (Å²) >= 11 is 0. The Kier molecular flexibility index (Phi) is 6.68. The summed E-state index contributed by atoms with van der Waals surface area (Å²) in [4.78, 5) is 22.6. The lowest BCUT2D eigenvalue weighted by Crippen LogP contribution is -2.33. The van der Waals surface area contributed by atoms with Gasteiger partial charge in [-0.05, 0) is 17.5 Å². The molecule has 0 aromatic heterocycles. The highest BCUT2D eigenvalue weighted by atomic mass is 16.6. The fourth-order valence-electron chi connectivity index (χ4n) is 2.69. The highest BCUT2D eigenvalue weighted by Crippen LogP contribution is 2.29. The van der Waals surface area contributed by atoms with E-state index in [2.05, 4.69) is 24.5 Å². The Morgan fingerprint density at radius 3 is 2.46 bits per heavy atom.